The molecule has 20 heavy (non-hydrogen) atoms. The number of nitrogens with one attached hydrogen (secondary N) is 2. The summed E-state index contributed by atoms with van der Waals surface area (Å²) in [6, 6.07) is 1.43. The van der Waals surface area contributed by atoms with Gasteiger partial charge in [0.15, 0.2) is 0 Å². The normalized spacial score (nSPS) is 11.1. The van der Waals surface area contributed by atoms with E-state index in [2.05, 4.69) is 19.8 Å². The number of rotatable bonds is 7. The number of anilines is 2. The van der Waals surface area contributed by atoms with Crippen LogP contribution in [0.2, 0.25) is 0 Å². The lowest BCUT2D eigenvalue weighted by Crippen LogP contribution is -2.29. The third kappa shape index (κ3) is 4.35. The first-order chi connectivity index (χ1) is 9.41. The Hall–Kier alpha value is -1.87. The summed E-state index contributed by atoms with van der Waals surface area (Å²) >= 11 is 0. The molecule has 0 saturated heterocycles. The van der Waals surface area contributed by atoms with Crippen molar-refractivity contribution in [1.29, 1.82) is 0 Å². The van der Waals surface area contributed by atoms with Gasteiger partial charge in [0.05, 0.1) is 24.1 Å². The van der Waals surface area contributed by atoms with Crippen LogP contribution in [0.25, 0.3) is 0 Å². The van der Waals surface area contributed by atoms with Gasteiger partial charge in [-0.05, 0) is 6.07 Å². The molecule has 0 aliphatic heterocycles. The van der Waals surface area contributed by atoms with Crippen molar-refractivity contribution in [2.75, 3.05) is 37.0 Å². The third-order valence-corrected chi connectivity index (χ3v) is 3.89. The van der Waals surface area contributed by atoms with Crippen molar-refractivity contribution >= 4 is 27.5 Å². The topological polar surface area (TPSA) is 123 Å². The van der Waals surface area contributed by atoms with Gasteiger partial charge in [0.25, 0.3) is 0 Å². The summed E-state index contributed by atoms with van der Waals surface area (Å²) in [4.78, 5) is 15.4. The summed E-state index contributed by atoms with van der Waals surface area (Å²) in [6.45, 7) is 2.15. The number of carbonyl (C=O) groups excluding carboxylic acids is 1. The van der Waals surface area contributed by atoms with Crippen molar-refractivity contribution in [3.8, 4) is 0 Å². The molecule has 0 aliphatic carbocycles. The van der Waals surface area contributed by atoms with Gasteiger partial charge in [-0.3, -0.25) is 0 Å². The Kier molecular flexibility index (Phi) is 5.71. The van der Waals surface area contributed by atoms with Crippen LogP contribution in [0.3, 0.4) is 0 Å². The minimum absolute atomic E-state index is 0.121. The van der Waals surface area contributed by atoms with E-state index < -0.39 is 16.0 Å². The largest absolute Gasteiger partial charge is 0.465 e. The Bertz CT molecular complexity index is 574. The van der Waals surface area contributed by atoms with E-state index in [9.17, 15) is 13.2 Å². The number of esters is 1. The molecular weight excluding hydrogens is 284 g/mol. The quantitative estimate of drug-likeness (QED) is 0.596. The summed E-state index contributed by atoms with van der Waals surface area (Å²) in [7, 11) is -2.07. The zero-order valence-electron chi connectivity index (χ0n) is 11.3. The average molecular weight is 302 g/mol. The van der Waals surface area contributed by atoms with Gasteiger partial charge < -0.3 is 15.8 Å². The zero-order chi connectivity index (χ0) is 15.2. The van der Waals surface area contributed by atoms with Crippen LogP contribution in [0.1, 0.15) is 17.3 Å². The molecule has 0 saturated carbocycles. The number of aromatic nitrogens is 1. The van der Waals surface area contributed by atoms with E-state index in [1.165, 1.54) is 19.4 Å². The highest BCUT2D eigenvalue weighted by Gasteiger charge is 2.14. The van der Waals surface area contributed by atoms with Gasteiger partial charge in [-0.25, -0.2) is 22.9 Å². The molecule has 0 bridgehead atoms. The highest BCUT2D eigenvalue weighted by atomic mass is 32.2. The summed E-state index contributed by atoms with van der Waals surface area (Å²) in [6.07, 6.45) is 1.39. The molecular formula is C11H18N4O4S. The van der Waals surface area contributed by atoms with Gasteiger partial charge in [-0.15, -0.1) is 0 Å². The minimum Gasteiger partial charge on any atom is -0.465 e. The average Bonchev–Trinajstić information content (AvgIpc) is 2.39. The van der Waals surface area contributed by atoms with Crippen molar-refractivity contribution in [2.45, 2.75) is 6.92 Å². The highest BCUT2D eigenvalue weighted by Crippen LogP contribution is 2.20. The lowest BCUT2D eigenvalue weighted by molar-refractivity contribution is 0.0602. The van der Waals surface area contributed by atoms with Crippen LogP contribution in [0, 0.1) is 0 Å². The molecule has 0 spiro atoms. The molecule has 4 N–H and O–H groups in total. The van der Waals surface area contributed by atoms with Gasteiger partial charge in [0.2, 0.25) is 10.0 Å². The van der Waals surface area contributed by atoms with Gasteiger partial charge in [0.1, 0.15) is 5.82 Å². The molecule has 112 valence electrons. The first-order valence-corrected chi connectivity index (χ1v) is 7.60. The van der Waals surface area contributed by atoms with Crippen LogP contribution in [-0.2, 0) is 14.8 Å². The van der Waals surface area contributed by atoms with Crippen molar-refractivity contribution in [3.63, 3.8) is 0 Å². The van der Waals surface area contributed by atoms with Gasteiger partial charge >= 0.3 is 5.97 Å². The second kappa shape index (κ2) is 7.06. The van der Waals surface area contributed by atoms with Crippen LogP contribution in [-0.4, -0.2) is 45.3 Å². The van der Waals surface area contributed by atoms with Gasteiger partial charge in [0, 0.05) is 19.3 Å². The number of nitrogen functional groups attached to an aromatic ring is 1. The first-order valence-electron chi connectivity index (χ1n) is 5.95. The predicted molar refractivity (Wildman–Crippen MR) is 75.9 cm³/mol. The number of sulfonamides is 1. The molecule has 1 rings (SSSR count). The Morgan fingerprint density at radius 1 is 1.50 bits per heavy atom. The van der Waals surface area contributed by atoms with E-state index in [4.69, 9.17) is 5.73 Å². The second-order valence-electron chi connectivity index (χ2n) is 3.86. The minimum atomic E-state index is -3.32. The Balaban J connectivity index is 2.72. The van der Waals surface area contributed by atoms with E-state index in [-0.39, 0.29) is 29.4 Å². The Morgan fingerprint density at radius 2 is 2.20 bits per heavy atom. The Morgan fingerprint density at radius 3 is 2.80 bits per heavy atom. The number of methoxy groups -OCH3 is 1. The van der Waals surface area contributed by atoms with Crippen LogP contribution >= 0.6 is 0 Å². The maximum Gasteiger partial charge on any atom is 0.340 e. The number of ether oxygens (including phenoxy) is 1. The molecule has 0 amide bonds. The van der Waals surface area contributed by atoms with Crippen LogP contribution in [0.5, 0.6) is 0 Å². The molecule has 1 aromatic rings. The monoisotopic (exact) mass is 302 g/mol. The van der Waals surface area contributed by atoms with Gasteiger partial charge in [-0.2, -0.15) is 0 Å². The van der Waals surface area contributed by atoms with Crippen molar-refractivity contribution in [3.05, 3.63) is 17.8 Å². The van der Waals surface area contributed by atoms with Crippen molar-refractivity contribution < 1.29 is 17.9 Å². The summed E-state index contributed by atoms with van der Waals surface area (Å²) in [5, 5.41) is 2.78. The lowest BCUT2D eigenvalue weighted by atomic mass is 10.2. The number of hydrogen-bond acceptors (Lipinski definition) is 7. The number of carbonyl (C=O) groups is 1. The molecule has 0 aromatic carbocycles. The smallest absolute Gasteiger partial charge is 0.340 e. The fourth-order valence-corrected chi connectivity index (χ4v) is 2.45. The number of pyridine rings is 1. The van der Waals surface area contributed by atoms with Crippen LogP contribution in [0.4, 0.5) is 11.5 Å². The summed E-state index contributed by atoms with van der Waals surface area (Å²) in [5.74, 6) is -0.447. The van der Waals surface area contributed by atoms with Crippen LogP contribution in [0.15, 0.2) is 12.3 Å². The Labute approximate surface area is 117 Å². The van der Waals surface area contributed by atoms with E-state index >= 15 is 0 Å². The third-order valence-electron chi connectivity index (χ3n) is 2.42. The molecule has 0 fully saturated rings. The van der Waals surface area contributed by atoms with E-state index in [1.807, 2.05) is 0 Å². The maximum absolute atomic E-state index is 11.5. The van der Waals surface area contributed by atoms with E-state index in [0.29, 0.717) is 6.54 Å². The standard InChI is InChI=1S/C11H18N4O4S/c1-3-15-20(17,18)7-6-14-10-9(12)8(4-5-13-10)11(16)19-2/h4-5,15H,3,6-7,12H2,1-2H3,(H,13,14). The lowest BCUT2D eigenvalue weighted by Gasteiger charge is -2.11. The number of hydrogen-bond donors (Lipinski definition) is 3. The molecule has 1 aromatic heterocycles. The van der Waals surface area contributed by atoms with Crippen LogP contribution < -0.4 is 15.8 Å². The molecule has 0 aliphatic rings. The predicted octanol–water partition coefficient (Wildman–Crippen LogP) is -0.198. The molecule has 8 nitrogen and oxygen atoms in total. The maximum atomic E-state index is 11.5. The molecule has 0 radical (unpaired) electrons. The van der Waals surface area contributed by atoms with E-state index in [1.54, 1.807) is 6.92 Å². The van der Waals surface area contributed by atoms with Crippen molar-refractivity contribution in [1.82, 2.24) is 9.71 Å². The summed E-state index contributed by atoms with van der Waals surface area (Å²) < 4.78 is 29.9. The zero-order valence-corrected chi connectivity index (χ0v) is 12.2. The molecule has 1 heterocycles. The second-order valence-corrected chi connectivity index (χ2v) is 5.78. The summed E-state index contributed by atoms with van der Waals surface area (Å²) in [5.41, 5.74) is 6.08. The SMILES string of the molecule is CCNS(=O)(=O)CCNc1nccc(C(=O)OC)c1N. The fourth-order valence-electron chi connectivity index (χ4n) is 1.50. The fraction of sp³-hybridized carbons (Fsp3) is 0.455. The first kappa shape index (κ1) is 16.2. The van der Waals surface area contributed by atoms with E-state index in [0.717, 1.165) is 0 Å². The molecule has 0 atom stereocenters. The molecule has 0 unspecified atom stereocenters. The van der Waals surface area contributed by atoms with Gasteiger partial charge in [-0.1, -0.05) is 6.92 Å². The number of nitrogens with zero attached hydrogens (tertiary/aromatic N) is 1. The highest BCUT2D eigenvalue weighted by molar-refractivity contribution is 7.89. The molecule has 9 heteroatoms. The van der Waals surface area contributed by atoms with Crippen molar-refractivity contribution in [2.24, 2.45) is 0 Å². The number of nitrogens with two attached hydrogens (primary N) is 1.